The van der Waals surface area contributed by atoms with E-state index < -0.39 is 0 Å². The second kappa shape index (κ2) is 6.99. The summed E-state index contributed by atoms with van der Waals surface area (Å²) in [6.07, 6.45) is 2.98. The summed E-state index contributed by atoms with van der Waals surface area (Å²) in [7, 11) is 0. The Kier molecular flexibility index (Phi) is 4.80. The van der Waals surface area contributed by atoms with Gasteiger partial charge < -0.3 is 5.32 Å². The molecule has 3 nitrogen and oxygen atoms in total. The number of hydrogen-bond acceptors (Lipinski definition) is 3. The number of halogens is 1. The minimum absolute atomic E-state index is 0.0104. The summed E-state index contributed by atoms with van der Waals surface area (Å²) in [5.41, 5.74) is 3.09. The molecule has 22 heavy (non-hydrogen) atoms. The first-order valence-corrected chi connectivity index (χ1v) is 7.87. The molecular formula is C18H22FN3. The molecule has 1 saturated heterocycles. The summed E-state index contributed by atoms with van der Waals surface area (Å²) >= 11 is 0. The van der Waals surface area contributed by atoms with Gasteiger partial charge in [-0.05, 0) is 49.2 Å². The molecule has 1 aliphatic heterocycles. The number of nitrogens with one attached hydrogen (secondary N) is 1. The molecule has 2 heterocycles. The molecule has 0 radical (unpaired) electrons. The quantitative estimate of drug-likeness (QED) is 0.944. The summed E-state index contributed by atoms with van der Waals surface area (Å²) < 4.78 is 13.7. The number of pyridine rings is 1. The Morgan fingerprint density at radius 2 is 2.09 bits per heavy atom. The highest BCUT2D eigenvalue weighted by Crippen LogP contribution is 2.28. The standard InChI is InChI=1S/C18H22FN3/c1-14-6-7-17(21-13-14)18(15-4-2-5-16(19)12-15)22-10-3-8-20-9-11-22/h2,4-7,12-13,18,20H,3,8-11H2,1H3. The van der Waals surface area contributed by atoms with E-state index in [1.807, 2.05) is 19.2 Å². The molecule has 1 aliphatic rings. The maximum Gasteiger partial charge on any atom is 0.123 e. The number of nitrogens with zero attached hydrogens (tertiary/aromatic N) is 2. The number of aromatic nitrogens is 1. The molecule has 116 valence electrons. The molecule has 1 fully saturated rings. The molecule has 1 N–H and O–H groups in total. The molecular weight excluding hydrogens is 277 g/mol. The highest BCUT2D eigenvalue weighted by Gasteiger charge is 2.24. The van der Waals surface area contributed by atoms with Crippen LogP contribution < -0.4 is 5.32 Å². The Balaban J connectivity index is 1.99. The lowest BCUT2D eigenvalue weighted by Crippen LogP contribution is -2.33. The minimum Gasteiger partial charge on any atom is -0.315 e. The molecule has 0 saturated carbocycles. The molecule has 2 aromatic rings. The van der Waals surface area contributed by atoms with Crippen LogP contribution in [-0.2, 0) is 0 Å². The summed E-state index contributed by atoms with van der Waals surface area (Å²) in [5, 5.41) is 3.42. The Morgan fingerprint density at radius 3 is 2.86 bits per heavy atom. The Morgan fingerprint density at radius 1 is 1.18 bits per heavy atom. The monoisotopic (exact) mass is 299 g/mol. The van der Waals surface area contributed by atoms with Gasteiger partial charge in [0.25, 0.3) is 0 Å². The van der Waals surface area contributed by atoms with Crippen molar-refractivity contribution in [2.24, 2.45) is 0 Å². The molecule has 0 bridgehead atoms. The van der Waals surface area contributed by atoms with Crippen LogP contribution in [0.5, 0.6) is 0 Å². The van der Waals surface area contributed by atoms with Crippen molar-refractivity contribution in [1.82, 2.24) is 15.2 Å². The first-order chi connectivity index (χ1) is 10.7. The van der Waals surface area contributed by atoms with Gasteiger partial charge in [-0.15, -0.1) is 0 Å². The molecule has 0 amide bonds. The normalized spacial score (nSPS) is 17.9. The van der Waals surface area contributed by atoms with Crippen LogP contribution in [0.2, 0.25) is 0 Å². The zero-order valence-corrected chi connectivity index (χ0v) is 12.9. The van der Waals surface area contributed by atoms with Gasteiger partial charge in [-0.25, -0.2) is 4.39 Å². The van der Waals surface area contributed by atoms with Crippen molar-refractivity contribution in [2.45, 2.75) is 19.4 Å². The lowest BCUT2D eigenvalue weighted by Gasteiger charge is -2.30. The van der Waals surface area contributed by atoms with E-state index in [9.17, 15) is 4.39 Å². The van der Waals surface area contributed by atoms with Gasteiger partial charge in [0.15, 0.2) is 0 Å². The van der Waals surface area contributed by atoms with Gasteiger partial charge in [-0.2, -0.15) is 0 Å². The molecule has 4 heteroatoms. The Bertz CT molecular complexity index is 604. The molecule has 0 spiro atoms. The SMILES string of the molecule is Cc1ccc(C(c2cccc(F)c2)N2CCCNCC2)nc1. The summed E-state index contributed by atoms with van der Waals surface area (Å²) in [6, 6.07) is 11.0. The first kappa shape index (κ1) is 15.1. The van der Waals surface area contributed by atoms with E-state index in [0.717, 1.165) is 49.4 Å². The third-order valence-electron chi connectivity index (χ3n) is 4.12. The molecule has 1 unspecified atom stereocenters. The summed E-state index contributed by atoms with van der Waals surface area (Å²) in [5.74, 6) is -0.192. The van der Waals surface area contributed by atoms with Gasteiger partial charge in [0.2, 0.25) is 0 Å². The van der Waals surface area contributed by atoms with E-state index in [-0.39, 0.29) is 11.9 Å². The summed E-state index contributed by atoms with van der Waals surface area (Å²) in [6.45, 7) is 5.95. The third-order valence-corrected chi connectivity index (χ3v) is 4.12. The Hall–Kier alpha value is -1.78. The average molecular weight is 299 g/mol. The smallest absolute Gasteiger partial charge is 0.123 e. The van der Waals surface area contributed by atoms with Crippen molar-refractivity contribution in [1.29, 1.82) is 0 Å². The zero-order chi connectivity index (χ0) is 15.4. The van der Waals surface area contributed by atoms with Crippen molar-refractivity contribution in [3.63, 3.8) is 0 Å². The second-order valence-electron chi connectivity index (χ2n) is 5.86. The fourth-order valence-corrected chi connectivity index (χ4v) is 3.01. The van der Waals surface area contributed by atoms with Gasteiger partial charge in [-0.3, -0.25) is 9.88 Å². The van der Waals surface area contributed by atoms with Crippen LogP contribution in [0.25, 0.3) is 0 Å². The van der Waals surface area contributed by atoms with Crippen LogP contribution in [0.15, 0.2) is 42.6 Å². The fraction of sp³-hybridized carbons (Fsp3) is 0.389. The highest BCUT2D eigenvalue weighted by atomic mass is 19.1. The van der Waals surface area contributed by atoms with Crippen LogP contribution in [-0.4, -0.2) is 36.1 Å². The molecule has 3 rings (SSSR count). The third kappa shape index (κ3) is 3.51. The molecule has 1 aromatic heterocycles. The highest BCUT2D eigenvalue weighted by molar-refractivity contribution is 5.29. The van der Waals surface area contributed by atoms with Gasteiger partial charge in [0.05, 0.1) is 11.7 Å². The Labute approximate surface area is 131 Å². The van der Waals surface area contributed by atoms with Crippen LogP contribution in [0.4, 0.5) is 4.39 Å². The second-order valence-corrected chi connectivity index (χ2v) is 5.86. The maximum absolute atomic E-state index is 13.7. The fourth-order valence-electron chi connectivity index (χ4n) is 3.01. The van der Waals surface area contributed by atoms with E-state index >= 15 is 0 Å². The van der Waals surface area contributed by atoms with Crippen LogP contribution >= 0.6 is 0 Å². The zero-order valence-electron chi connectivity index (χ0n) is 12.9. The minimum atomic E-state index is -0.192. The molecule has 1 aromatic carbocycles. The van der Waals surface area contributed by atoms with Gasteiger partial charge in [-0.1, -0.05) is 18.2 Å². The average Bonchev–Trinajstić information content (AvgIpc) is 2.79. The van der Waals surface area contributed by atoms with E-state index in [4.69, 9.17) is 0 Å². The summed E-state index contributed by atoms with van der Waals surface area (Å²) in [4.78, 5) is 7.00. The van der Waals surface area contributed by atoms with Crippen LogP contribution in [0.3, 0.4) is 0 Å². The van der Waals surface area contributed by atoms with Crippen molar-refractivity contribution < 1.29 is 4.39 Å². The molecule has 0 aliphatic carbocycles. The number of rotatable bonds is 3. The predicted octanol–water partition coefficient (Wildman–Crippen LogP) is 2.91. The van der Waals surface area contributed by atoms with E-state index in [0.29, 0.717) is 0 Å². The van der Waals surface area contributed by atoms with Crippen LogP contribution in [0.1, 0.15) is 29.3 Å². The molecule has 1 atom stereocenters. The van der Waals surface area contributed by atoms with Crippen molar-refractivity contribution in [3.05, 3.63) is 65.2 Å². The van der Waals surface area contributed by atoms with Gasteiger partial charge in [0, 0.05) is 25.8 Å². The van der Waals surface area contributed by atoms with Gasteiger partial charge in [0.1, 0.15) is 5.82 Å². The topological polar surface area (TPSA) is 28.2 Å². The van der Waals surface area contributed by atoms with Gasteiger partial charge >= 0.3 is 0 Å². The maximum atomic E-state index is 13.7. The van der Waals surface area contributed by atoms with E-state index in [2.05, 4.69) is 27.3 Å². The lowest BCUT2D eigenvalue weighted by molar-refractivity contribution is 0.237. The van der Waals surface area contributed by atoms with E-state index in [1.165, 1.54) is 6.07 Å². The first-order valence-electron chi connectivity index (χ1n) is 7.87. The number of hydrogen-bond donors (Lipinski definition) is 1. The lowest BCUT2D eigenvalue weighted by atomic mass is 10.0. The predicted molar refractivity (Wildman–Crippen MR) is 86.3 cm³/mol. The van der Waals surface area contributed by atoms with Crippen LogP contribution in [0, 0.1) is 12.7 Å². The largest absolute Gasteiger partial charge is 0.315 e. The number of benzene rings is 1. The van der Waals surface area contributed by atoms with Crippen molar-refractivity contribution in [2.75, 3.05) is 26.2 Å². The van der Waals surface area contributed by atoms with Crippen molar-refractivity contribution >= 4 is 0 Å². The van der Waals surface area contributed by atoms with E-state index in [1.54, 1.807) is 12.1 Å². The van der Waals surface area contributed by atoms with Crippen molar-refractivity contribution in [3.8, 4) is 0 Å². The number of aryl methyl sites for hydroxylation is 1.